The molecule has 0 spiro atoms. The summed E-state index contributed by atoms with van der Waals surface area (Å²) in [5.74, 6) is 1.18. The molecule has 3 heteroatoms. The number of benzene rings is 2. The van der Waals surface area contributed by atoms with Crippen LogP contribution >= 0.6 is 12.4 Å². The van der Waals surface area contributed by atoms with Gasteiger partial charge in [-0.05, 0) is 30.0 Å². The van der Waals surface area contributed by atoms with Crippen molar-refractivity contribution in [1.29, 1.82) is 0 Å². The molecule has 0 bridgehead atoms. The van der Waals surface area contributed by atoms with Gasteiger partial charge in [-0.1, -0.05) is 93.8 Å². The van der Waals surface area contributed by atoms with E-state index in [4.69, 9.17) is 4.74 Å². The zero-order valence-electron chi connectivity index (χ0n) is 16.9. The second-order valence-electron chi connectivity index (χ2n) is 7.66. The first-order valence-corrected chi connectivity index (χ1v) is 10.1. The predicted molar refractivity (Wildman–Crippen MR) is 117 cm³/mol. The molecule has 27 heavy (non-hydrogen) atoms. The molecule has 1 aliphatic rings. The number of nitrogens with one attached hydrogen (secondary N) is 1. The number of ether oxygens (including phenoxy) is 1. The van der Waals surface area contributed by atoms with Crippen molar-refractivity contribution in [1.82, 2.24) is 5.32 Å². The molecule has 2 atom stereocenters. The molecule has 3 rings (SSSR count). The van der Waals surface area contributed by atoms with Gasteiger partial charge < -0.3 is 10.1 Å². The van der Waals surface area contributed by atoms with Crippen LogP contribution in [0.25, 0.3) is 0 Å². The van der Waals surface area contributed by atoms with Crippen LogP contribution < -0.4 is 5.32 Å². The Bertz CT molecular complexity index is 617. The Hall–Kier alpha value is -1.35. The van der Waals surface area contributed by atoms with Gasteiger partial charge in [0.1, 0.15) is 5.60 Å². The summed E-state index contributed by atoms with van der Waals surface area (Å²) in [5.41, 5.74) is 2.02. The second kappa shape index (κ2) is 10.3. The average molecular weight is 388 g/mol. The van der Waals surface area contributed by atoms with Crippen LogP contribution in [0.1, 0.15) is 50.7 Å². The average Bonchev–Trinajstić information content (AvgIpc) is 2.66. The van der Waals surface area contributed by atoms with Gasteiger partial charge in [-0.3, -0.25) is 0 Å². The molecule has 0 amide bonds. The monoisotopic (exact) mass is 387 g/mol. The third kappa shape index (κ3) is 4.56. The molecule has 2 nitrogen and oxygen atoms in total. The Morgan fingerprint density at radius 2 is 1.52 bits per heavy atom. The number of methoxy groups -OCH3 is 1. The van der Waals surface area contributed by atoms with Gasteiger partial charge in [0.25, 0.3) is 0 Å². The van der Waals surface area contributed by atoms with E-state index in [1.165, 1.54) is 36.8 Å². The fourth-order valence-electron chi connectivity index (χ4n) is 4.58. The minimum Gasteiger partial charge on any atom is -0.368 e. The number of halogens is 1. The molecule has 0 radical (unpaired) electrons. The maximum atomic E-state index is 6.39. The lowest BCUT2D eigenvalue weighted by Crippen LogP contribution is -2.49. The summed E-state index contributed by atoms with van der Waals surface area (Å²) in [5, 5.41) is 3.78. The third-order valence-electron chi connectivity index (χ3n) is 6.25. The maximum Gasteiger partial charge on any atom is 0.122 e. The molecule has 1 saturated carbocycles. The van der Waals surface area contributed by atoms with Crippen molar-refractivity contribution in [3.8, 4) is 0 Å². The van der Waals surface area contributed by atoms with E-state index in [2.05, 4.69) is 79.8 Å². The summed E-state index contributed by atoms with van der Waals surface area (Å²) in [6, 6.07) is 21.9. The van der Waals surface area contributed by atoms with Crippen LogP contribution in [-0.2, 0) is 10.3 Å². The Balaban J connectivity index is 0.00000261. The molecule has 2 aromatic carbocycles. The van der Waals surface area contributed by atoms with Gasteiger partial charge in [-0.2, -0.15) is 0 Å². The largest absolute Gasteiger partial charge is 0.368 e. The molecule has 1 N–H and O–H groups in total. The van der Waals surface area contributed by atoms with Gasteiger partial charge >= 0.3 is 0 Å². The lowest BCUT2D eigenvalue weighted by molar-refractivity contribution is -0.0400. The van der Waals surface area contributed by atoms with Crippen molar-refractivity contribution >= 4 is 12.4 Å². The SMILES string of the molecule is CCNC(CC1CCC1)C(C)C(OC)(c1ccccc1)c1ccccc1.Cl. The lowest BCUT2D eigenvalue weighted by Gasteiger charge is -2.44. The zero-order chi connectivity index (χ0) is 18.4. The Morgan fingerprint density at radius 1 is 1.00 bits per heavy atom. The quantitative estimate of drug-likeness (QED) is 0.586. The van der Waals surface area contributed by atoms with Crippen LogP contribution in [0.4, 0.5) is 0 Å². The van der Waals surface area contributed by atoms with E-state index in [9.17, 15) is 0 Å². The summed E-state index contributed by atoms with van der Waals surface area (Å²) in [7, 11) is 1.86. The normalized spacial score (nSPS) is 16.9. The lowest BCUT2D eigenvalue weighted by atomic mass is 9.70. The van der Waals surface area contributed by atoms with Gasteiger partial charge in [-0.25, -0.2) is 0 Å². The molecule has 2 unspecified atom stereocenters. The predicted octanol–water partition coefficient (Wildman–Crippen LogP) is 5.80. The van der Waals surface area contributed by atoms with E-state index in [0.717, 1.165) is 12.5 Å². The zero-order valence-corrected chi connectivity index (χ0v) is 17.7. The summed E-state index contributed by atoms with van der Waals surface area (Å²) in [6.45, 7) is 5.56. The van der Waals surface area contributed by atoms with Gasteiger partial charge in [0.15, 0.2) is 0 Å². The van der Waals surface area contributed by atoms with Crippen molar-refractivity contribution in [2.24, 2.45) is 11.8 Å². The highest BCUT2D eigenvalue weighted by atomic mass is 35.5. The maximum absolute atomic E-state index is 6.39. The highest BCUT2D eigenvalue weighted by Crippen LogP contribution is 2.44. The first kappa shape index (κ1) is 21.9. The minimum atomic E-state index is -0.445. The highest BCUT2D eigenvalue weighted by Gasteiger charge is 2.44. The van der Waals surface area contributed by atoms with Crippen molar-refractivity contribution in [2.45, 2.75) is 51.2 Å². The van der Waals surface area contributed by atoms with Crippen LogP contribution in [0, 0.1) is 11.8 Å². The van der Waals surface area contributed by atoms with E-state index in [-0.39, 0.29) is 12.4 Å². The smallest absolute Gasteiger partial charge is 0.122 e. The van der Waals surface area contributed by atoms with E-state index in [0.29, 0.717) is 12.0 Å². The van der Waals surface area contributed by atoms with E-state index >= 15 is 0 Å². The standard InChI is InChI=1S/C24H33NO.ClH/c1-4-25-23(18-20-12-11-13-20)19(2)24(26-3,21-14-7-5-8-15-21)22-16-9-6-10-17-22;/h5-10,14-17,19-20,23,25H,4,11-13,18H2,1-3H3;1H. The van der Waals surface area contributed by atoms with Crippen LogP contribution in [0.2, 0.25) is 0 Å². The summed E-state index contributed by atoms with van der Waals surface area (Å²) in [6.07, 6.45) is 5.39. The minimum absolute atomic E-state index is 0. The number of rotatable bonds is 9. The van der Waals surface area contributed by atoms with Crippen molar-refractivity contribution in [2.75, 3.05) is 13.7 Å². The Morgan fingerprint density at radius 3 is 1.89 bits per heavy atom. The van der Waals surface area contributed by atoms with Crippen LogP contribution in [0.3, 0.4) is 0 Å². The van der Waals surface area contributed by atoms with Gasteiger partial charge in [0, 0.05) is 19.1 Å². The molecule has 148 valence electrons. The molecule has 2 aromatic rings. The molecule has 0 heterocycles. The summed E-state index contributed by atoms with van der Waals surface area (Å²) >= 11 is 0. The van der Waals surface area contributed by atoms with E-state index in [1.54, 1.807) is 0 Å². The fourth-order valence-corrected chi connectivity index (χ4v) is 4.58. The summed E-state index contributed by atoms with van der Waals surface area (Å²) in [4.78, 5) is 0. The molecule has 0 aromatic heterocycles. The molecule has 0 saturated heterocycles. The number of hydrogen-bond acceptors (Lipinski definition) is 2. The molecule has 0 aliphatic heterocycles. The first-order valence-electron chi connectivity index (χ1n) is 10.1. The Labute approximate surface area is 171 Å². The van der Waals surface area contributed by atoms with Crippen LogP contribution in [-0.4, -0.2) is 19.7 Å². The first-order chi connectivity index (χ1) is 12.7. The van der Waals surface area contributed by atoms with Gasteiger partial charge in [0.05, 0.1) is 0 Å². The molecular formula is C24H34ClNO. The van der Waals surface area contributed by atoms with Gasteiger partial charge in [0.2, 0.25) is 0 Å². The number of hydrogen-bond donors (Lipinski definition) is 1. The highest BCUT2D eigenvalue weighted by molar-refractivity contribution is 5.85. The molecular weight excluding hydrogens is 354 g/mol. The third-order valence-corrected chi connectivity index (χ3v) is 6.25. The molecule has 1 aliphatic carbocycles. The van der Waals surface area contributed by atoms with Crippen molar-refractivity contribution in [3.63, 3.8) is 0 Å². The van der Waals surface area contributed by atoms with Crippen LogP contribution in [0.15, 0.2) is 60.7 Å². The summed E-state index contributed by atoms with van der Waals surface area (Å²) < 4.78 is 6.39. The van der Waals surface area contributed by atoms with Crippen LogP contribution in [0.5, 0.6) is 0 Å². The van der Waals surface area contributed by atoms with E-state index < -0.39 is 5.60 Å². The topological polar surface area (TPSA) is 21.3 Å². The molecule has 1 fully saturated rings. The van der Waals surface area contributed by atoms with Crippen molar-refractivity contribution < 1.29 is 4.74 Å². The van der Waals surface area contributed by atoms with E-state index in [1.807, 2.05) is 7.11 Å². The fraction of sp³-hybridized carbons (Fsp3) is 0.500. The van der Waals surface area contributed by atoms with Gasteiger partial charge in [-0.15, -0.1) is 12.4 Å². The van der Waals surface area contributed by atoms with Crippen molar-refractivity contribution in [3.05, 3.63) is 71.8 Å². The second-order valence-corrected chi connectivity index (χ2v) is 7.66. The Kier molecular flexibility index (Phi) is 8.34.